The maximum atomic E-state index is 4.27. The lowest BCUT2D eigenvalue weighted by Crippen LogP contribution is -2.38. The molecule has 16 heavy (non-hydrogen) atoms. The van der Waals surface area contributed by atoms with Crippen molar-refractivity contribution in [3.8, 4) is 0 Å². The predicted molar refractivity (Wildman–Crippen MR) is 63.2 cm³/mol. The molecule has 1 aromatic rings. The van der Waals surface area contributed by atoms with Gasteiger partial charge in [-0.15, -0.1) is 0 Å². The molecule has 1 aliphatic carbocycles. The summed E-state index contributed by atoms with van der Waals surface area (Å²) in [6.45, 7) is 2.42. The molecule has 3 rings (SSSR count). The zero-order valence-electron chi connectivity index (χ0n) is 9.65. The molecule has 1 saturated carbocycles. The number of nitrogens with one attached hydrogen (secondary N) is 1. The molecule has 2 atom stereocenters. The van der Waals surface area contributed by atoms with Crippen molar-refractivity contribution in [2.45, 2.75) is 38.0 Å². The van der Waals surface area contributed by atoms with Crippen LogP contribution in [-0.2, 0) is 0 Å². The minimum absolute atomic E-state index is 0.570. The Kier molecular flexibility index (Phi) is 2.64. The molecular weight excluding hydrogens is 198 g/mol. The lowest BCUT2D eigenvalue weighted by Gasteiger charge is -2.34. The molecule has 1 aliphatic heterocycles. The summed E-state index contributed by atoms with van der Waals surface area (Å²) in [7, 11) is 0. The second-order valence-electron chi connectivity index (χ2n) is 5.37. The standard InChI is InChI=1S/C13H19N3/c1-3-12(16-15-8-1)11-4-6-13(9-11)5-2-7-14-10-13/h1,3,8,11,14H,2,4-7,9-10H2. The van der Waals surface area contributed by atoms with E-state index in [1.165, 1.54) is 50.9 Å². The Morgan fingerprint density at radius 2 is 2.38 bits per heavy atom. The molecule has 3 heteroatoms. The summed E-state index contributed by atoms with van der Waals surface area (Å²) < 4.78 is 0. The molecule has 1 aromatic heterocycles. The van der Waals surface area contributed by atoms with Gasteiger partial charge in [0.05, 0.1) is 5.69 Å². The number of rotatable bonds is 1. The minimum atomic E-state index is 0.570. The molecule has 0 bridgehead atoms. The largest absolute Gasteiger partial charge is 0.316 e. The maximum Gasteiger partial charge on any atom is 0.0662 e. The Balaban J connectivity index is 1.73. The van der Waals surface area contributed by atoms with Crippen molar-refractivity contribution in [3.63, 3.8) is 0 Å². The summed E-state index contributed by atoms with van der Waals surface area (Å²) in [4.78, 5) is 0. The molecule has 0 aromatic carbocycles. The van der Waals surface area contributed by atoms with E-state index >= 15 is 0 Å². The minimum Gasteiger partial charge on any atom is -0.316 e. The number of hydrogen-bond donors (Lipinski definition) is 1. The van der Waals surface area contributed by atoms with Crippen LogP contribution in [0, 0.1) is 5.41 Å². The van der Waals surface area contributed by atoms with Crippen LogP contribution < -0.4 is 5.32 Å². The third-order valence-electron chi connectivity index (χ3n) is 4.27. The fourth-order valence-corrected chi connectivity index (χ4v) is 3.41. The Morgan fingerprint density at radius 1 is 1.38 bits per heavy atom. The van der Waals surface area contributed by atoms with Crippen LogP contribution in [0.3, 0.4) is 0 Å². The van der Waals surface area contributed by atoms with Gasteiger partial charge in [-0.3, -0.25) is 0 Å². The molecular formula is C13H19N3. The molecule has 0 amide bonds. The van der Waals surface area contributed by atoms with Crippen molar-refractivity contribution in [1.82, 2.24) is 15.5 Å². The van der Waals surface area contributed by atoms with Gasteiger partial charge in [-0.2, -0.15) is 10.2 Å². The Hall–Kier alpha value is -0.960. The Labute approximate surface area is 96.7 Å². The molecule has 0 radical (unpaired) electrons. The van der Waals surface area contributed by atoms with Gasteiger partial charge in [-0.05, 0) is 56.2 Å². The first-order chi connectivity index (χ1) is 7.88. The summed E-state index contributed by atoms with van der Waals surface area (Å²) in [5, 5.41) is 11.8. The van der Waals surface area contributed by atoms with E-state index in [9.17, 15) is 0 Å². The molecule has 3 nitrogen and oxygen atoms in total. The van der Waals surface area contributed by atoms with Gasteiger partial charge in [-0.1, -0.05) is 0 Å². The molecule has 2 fully saturated rings. The molecule has 2 unspecified atom stereocenters. The highest BCUT2D eigenvalue weighted by molar-refractivity contribution is 5.11. The van der Waals surface area contributed by atoms with Gasteiger partial charge in [0.1, 0.15) is 0 Å². The highest BCUT2D eigenvalue weighted by atomic mass is 15.1. The highest BCUT2D eigenvalue weighted by Gasteiger charge is 2.40. The van der Waals surface area contributed by atoms with Crippen molar-refractivity contribution < 1.29 is 0 Å². The van der Waals surface area contributed by atoms with Crippen LogP contribution in [0.4, 0.5) is 0 Å². The van der Waals surface area contributed by atoms with E-state index in [0.29, 0.717) is 11.3 Å². The summed E-state index contributed by atoms with van der Waals surface area (Å²) in [5.41, 5.74) is 1.77. The normalized spacial score (nSPS) is 34.4. The summed E-state index contributed by atoms with van der Waals surface area (Å²) >= 11 is 0. The number of nitrogens with zero attached hydrogens (tertiary/aromatic N) is 2. The van der Waals surface area contributed by atoms with E-state index in [1.54, 1.807) is 6.20 Å². The van der Waals surface area contributed by atoms with Gasteiger partial charge >= 0.3 is 0 Å². The zero-order chi connectivity index (χ0) is 10.8. The van der Waals surface area contributed by atoms with Gasteiger partial charge in [0.2, 0.25) is 0 Å². The van der Waals surface area contributed by atoms with Crippen LogP contribution in [-0.4, -0.2) is 23.3 Å². The van der Waals surface area contributed by atoms with E-state index in [1.807, 2.05) is 6.07 Å². The molecule has 86 valence electrons. The average molecular weight is 217 g/mol. The van der Waals surface area contributed by atoms with E-state index in [-0.39, 0.29) is 0 Å². The van der Waals surface area contributed by atoms with E-state index in [4.69, 9.17) is 0 Å². The highest BCUT2D eigenvalue weighted by Crippen LogP contribution is 2.49. The van der Waals surface area contributed by atoms with Crippen molar-refractivity contribution in [3.05, 3.63) is 24.0 Å². The van der Waals surface area contributed by atoms with Crippen LogP contribution in [0.1, 0.15) is 43.7 Å². The van der Waals surface area contributed by atoms with Crippen LogP contribution in [0.25, 0.3) is 0 Å². The third kappa shape index (κ3) is 1.84. The van der Waals surface area contributed by atoms with Gasteiger partial charge in [0.15, 0.2) is 0 Å². The topological polar surface area (TPSA) is 37.8 Å². The molecule has 1 N–H and O–H groups in total. The zero-order valence-corrected chi connectivity index (χ0v) is 9.65. The second kappa shape index (κ2) is 4.13. The lowest BCUT2D eigenvalue weighted by atomic mass is 9.78. The van der Waals surface area contributed by atoms with E-state index in [0.717, 1.165) is 0 Å². The lowest BCUT2D eigenvalue weighted by molar-refractivity contribution is 0.213. The maximum absolute atomic E-state index is 4.27. The van der Waals surface area contributed by atoms with Crippen LogP contribution in [0.15, 0.2) is 18.3 Å². The second-order valence-corrected chi connectivity index (χ2v) is 5.37. The van der Waals surface area contributed by atoms with Crippen molar-refractivity contribution in [1.29, 1.82) is 0 Å². The molecule has 2 heterocycles. The first-order valence-electron chi connectivity index (χ1n) is 6.36. The fraction of sp³-hybridized carbons (Fsp3) is 0.692. The Morgan fingerprint density at radius 3 is 3.12 bits per heavy atom. The van der Waals surface area contributed by atoms with E-state index in [2.05, 4.69) is 21.6 Å². The van der Waals surface area contributed by atoms with Crippen molar-refractivity contribution >= 4 is 0 Å². The van der Waals surface area contributed by atoms with Crippen LogP contribution in [0.5, 0.6) is 0 Å². The van der Waals surface area contributed by atoms with Gasteiger partial charge < -0.3 is 5.32 Å². The summed E-state index contributed by atoms with van der Waals surface area (Å²) in [5.74, 6) is 0.647. The average Bonchev–Trinajstić information content (AvgIpc) is 2.75. The van der Waals surface area contributed by atoms with E-state index < -0.39 is 0 Å². The quantitative estimate of drug-likeness (QED) is 0.783. The van der Waals surface area contributed by atoms with Crippen LogP contribution >= 0.6 is 0 Å². The third-order valence-corrected chi connectivity index (χ3v) is 4.27. The predicted octanol–water partition coefficient (Wildman–Crippen LogP) is 2.11. The first-order valence-corrected chi connectivity index (χ1v) is 6.36. The van der Waals surface area contributed by atoms with Gasteiger partial charge in [0, 0.05) is 18.7 Å². The fourth-order valence-electron chi connectivity index (χ4n) is 3.41. The summed E-state index contributed by atoms with van der Waals surface area (Å²) in [6.07, 6.45) is 8.46. The first kappa shape index (κ1) is 10.2. The SMILES string of the molecule is c1cnnc(C2CCC3(CCCNC3)C2)c1. The number of aromatic nitrogens is 2. The molecule has 1 spiro atoms. The van der Waals surface area contributed by atoms with Crippen molar-refractivity contribution in [2.75, 3.05) is 13.1 Å². The smallest absolute Gasteiger partial charge is 0.0662 e. The molecule has 1 saturated heterocycles. The van der Waals surface area contributed by atoms with Gasteiger partial charge in [0.25, 0.3) is 0 Å². The monoisotopic (exact) mass is 217 g/mol. The number of hydrogen-bond acceptors (Lipinski definition) is 3. The van der Waals surface area contributed by atoms with Crippen molar-refractivity contribution in [2.24, 2.45) is 5.41 Å². The summed E-state index contributed by atoms with van der Waals surface area (Å²) in [6, 6.07) is 4.14. The van der Waals surface area contributed by atoms with Crippen LogP contribution in [0.2, 0.25) is 0 Å². The number of piperidine rings is 1. The van der Waals surface area contributed by atoms with Gasteiger partial charge in [-0.25, -0.2) is 0 Å². The molecule has 2 aliphatic rings. The Bertz CT molecular complexity index is 343.